The molecule has 0 aliphatic heterocycles. The van der Waals surface area contributed by atoms with Gasteiger partial charge in [0.15, 0.2) is 11.3 Å². The van der Waals surface area contributed by atoms with Gasteiger partial charge in [-0.05, 0) is 60.4 Å². The number of rotatable bonds is 5. The number of furan rings is 1. The molecule has 0 saturated heterocycles. The summed E-state index contributed by atoms with van der Waals surface area (Å²) in [5.41, 5.74) is 4.96. The molecule has 2 heterocycles. The van der Waals surface area contributed by atoms with Crippen LogP contribution in [0.15, 0.2) is 81.6 Å². The number of carbonyl (C=O) groups is 1. The van der Waals surface area contributed by atoms with Gasteiger partial charge >= 0.3 is 0 Å². The molecule has 31 heavy (non-hydrogen) atoms. The fourth-order valence-corrected chi connectivity index (χ4v) is 3.63. The van der Waals surface area contributed by atoms with Crippen molar-refractivity contribution in [3.05, 3.63) is 84.1 Å². The maximum Gasteiger partial charge on any atom is 0.291 e. The summed E-state index contributed by atoms with van der Waals surface area (Å²) in [4.78, 5) is 17.3. The van der Waals surface area contributed by atoms with Crippen LogP contribution < -0.4 is 5.32 Å². The summed E-state index contributed by atoms with van der Waals surface area (Å²) in [5, 5.41) is 3.79. The normalized spacial score (nSPS) is 12.3. The Balaban J connectivity index is 1.41. The number of anilines is 1. The zero-order valence-electron chi connectivity index (χ0n) is 17.4. The zero-order valence-corrected chi connectivity index (χ0v) is 17.4. The lowest BCUT2D eigenvalue weighted by atomic mass is 9.98. The van der Waals surface area contributed by atoms with Gasteiger partial charge in [0, 0.05) is 16.6 Å². The van der Waals surface area contributed by atoms with Crippen molar-refractivity contribution in [3.8, 4) is 11.5 Å². The Morgan fingerprint density at radius 2 is 1.84 bits per heavy atom. The summed E-state index contributed by atoms with van der Waals surface area (Å²) in [6.07, 6.45) is 1.07. The Hall–Kier alpha value is -3.86. The fraction of sp³-hybridized carbons (Fsp3) is 0.154. The van der Waals surface area contributed by atoms with Crippen molar-refractivity contribution in [3.63, 3.8) is 0 Å². The number of oxazole rings is 1. The lowest BCUT2D eigenvalue weighted by Crippen LogP contribution is -2.10. The van der Waals surface area contributed by atoms with E-state index in [9.17, 15) is 4.79 Å². The first-order chi connectivity index (χ1) is 15.1. The summed E-state index contributed by atoms with van der Waals surface area (Å²) in [6.45, 7) is 4.38. The molecule has 1 N–H and O–H groups in total. The topological polar surface area (TPSA) is 68.3 Å². The Morgan fingerprint density at radius 3 is 2.68 bits per heavy atom. The van der Waals surface area contributed by atoms with Gasteiger partial charge in [0.05, 0.1) is 0 Å². The third-order valence-electron chi connectivity index (χ3n) is 5.61. The Kier molecular flexibility index (Phi) is 4.79. The summed E-state index contributed by atoms with van der Waals surface area (Å²) >= 11 is 0. The van der Waals surface area contributed by atoms with Gasteiger partial charge < -0.3 is 14.2 Å². The standard InChI is InChI=1S/C26H22N2O3/c1-3-16(2)17-11-12-23-21(14-17)28-26(31-23)19-8-6-9-20(13-19)27-25(29)24-15-18-7-4-5-10-22(18)30-24/h4-16H,3H2,1-2H3,(H,27,29)/t16-/m0/s1. The molecule has 0 unspecified atom stereocenters. The van der Waals surface area contributed by atoms with E-state index >= 15 is 0 Å². The second kappa shape index (κ2) is 7.76. The van der Waals surface area contributed by atoms with Crippen molar-refractivity contribution in [2.75, 3.05) is 5.32 Å². The summed E-state index contributed by atoms with van der Waals surface area (Å²) in [7, 11) is 0. The minimum absolute atomic E-state index is 0.269. The smallest absolute Gasteiger partial charge is 0.291 e. The molecule has 154 valence electrons. The number of nitrogens with one attached hydrogen (secondary N) is 1. The Morgan fingerprint density at radius 1 is 0.968 bits per heavy atom. The maximum atomic E-state index is 12.7. The quantitative estimate of drug-likeness (QED) is 0.338. The molecule has 0 fully saturated rings. The van der Waals surface area contributed by atoms with E-state index < -0.39 is 0 Å². The second-order valence-electron chi connectivity index (χ2n) is 7.74. The average molecular weight is 410 g/mol. The minimum Gasteiger partial charge on any atom is -0.451 e. The van der Waals surface area contributed by atoms with Gasteiger partial charge in [-0.3, -0.25) is 4.79 Å². The molecule has 2 aromatic heterocycles. The van der Waals surface area contributed by atoms with Gasteiger partial charge in [-0.15, -0.1) is 0 Å². The molecule has 5 rings (SSSR count). The van der Waals surface area contributed by atoms with Gasteiger partial charge in [-0.25, -0.2) is 4.98 Å². The molecule has 0 bridgehead atoms. The highest BCUT2D eigenvalue weighted by Gasteiger charge is 2.14. The molecule has 0 aliphatic rings. The Bertz CT molecular complexity index is 1360. The van der Waals surface area contributed by atoms with E-state index in [1.165, 1.54) is 5.56 Å². The molecule has 0 spiro atoms. The molecule has 0 saturated carbocycles. The van der Waals surface area contributed by atoms with Crippen LogP contribution >= 0.6 is 0 Å². The van der Waals surface area contributed by atoms with Gasteiger partial charge in [0.2, 0.25) is 5.89 Å². The van der Waals surface area contributed by atoms with E-state index in [2.05, 4.69) is 36.3 Å². The van der Waals surface area contributed by atoms with Crippen LogP contribution in [-0.4, -0.2) is 10.9 Å². The highest BCUT2D eigenvalue weighted by atomic mass is 16.4. The molecular formula is C26H22N2O3. The lowest BCUT2D eigenvalue weighted by molar-refractivity contribution is 0.0998. The number of hydrogen-bond acceptors (Lipinski definition) is 4. The lowest BCUT2D eigenvalue weighted by Gasteiger charge is -2.07. The molecular weight excluding hydrogens is 388 g/mol. The number of nitrogens with zero attached hydrogens (tertiary/aromatic N) is 1. The van der Waals surface area contributed by atoms with Crippen LogP contribution in [0.1, 0.15) is 42.3 Å². The first-order valence-corrected chi connectivity index (χ1v) is 10.4. The van der Waals surface area contributed by atoms with E-state index in [1.54, 1.807) is 6.07 Å². The molecule has 1 amide bonds. The van der Waals surface area contributed by atoms with Crippen molar-refractivity contribution in [1.82, 2.24) is 4.98 Å². The highest BCUT2D eigenvalue weighted by molar-refractivity contribution is 6.04. The Labute approximate surface area is 179 Å². The molecule has 5 heteroatoms. The molecule has 0 aliphatic carbocycles. The number of hydrogen-bond donors (Lipinski definition) is 1. The van der Waals surface area contributed by atoms with E-state index in [0.29, 0.717) is 23.1 Å². The summed E-state index contributed by atoms with van der Waals surface area (Å²) < 4.78 is 11.6. The van der Waals surface area contributed by atoms with E-state index in [4.69, 9.17) is 8.83 Å². The van der Waals surface area contributed by atoms with Gasteiger partial charge in [0.1, 0.15) is 11.1 Å². The minimum atomic E-state index is -0.302. The monoisotopic (exact) mass is 410 g/mol. The number of fused-ring (bicyclic) bond motifs is 2. The van der Waals surface area contributed by atoms with Crippen LogP contribution in [0.25, 0.3) is 33.5 Å². The van der Waals surface area contributed by atoms with Crippen molar-refractivity contribution in [1.29, 1.82) is 0 Å². The molecule has 3 aromatic carbocycles. The highest BCUT2D eigenvalue weighted by Crippen LogP contribution is 2.29. The second-order valence-corrected chi connectivity index (χ2v) is 7.74. The van der Waals surface area contributed by atoms with Gasteiger partial charge in [-0.1, -0.05) is 44.2 Å². The van der Waals surface area contributed by atoms with Crippen molar-refractivity contribution < 1.29 is 13.6 Å². The van der Waals surface area contributed by atoms with Crippen LogP contribution in [0.3, 0.4) is 0 Å². The zero-order chi connectivity index (χ0) is 21.4. The van der Waals surface area contributed by atoms with Crippen LogP contribution in [0.2, 0.25) is 0 Å². The number of aromatic nitrogens is 1. The maximum absolute atomic E-state index is 12.7. The molecule has 1 atom stereocenters. The first-order valence-electron chi connectivity index (χ1n) is 10.4. The predicted octanol–water partition coefficient (Wildman–Crippen LogP) is 7.01. The third-order valence-corrected chi connectivity index (χ3v) is 5.61. The number of benzene rings is 3. The van der Waals surface area contributed by atoms with Gasteiger partial charge in [-0.2, -0.15) is 0 Å². The summed E-state index contributed by atoms with van der Waals surface area (Å²) in [5.74, 6) is 0.965. The van der Waals surface area contributed by atoms with Crippen molar-refractivity contribution >= 4 is 33.7 Å². The van der Waals surface area contributed by atoms with E-state index in [1.807, 2.05) is 54.6 Å². The number of para-hydroxylation sites is 1. The SMILES string of the molecule is CC[C@H](C)c1ccc2oc(-c3cccc(NC(=O)c4cc5ccccc5o4)c3)nc2c1. The van der Waals surface area contributed by atoms with Crippen LogP contribution in [-0.2, 0) is 0 Å². The largest absolute Gasteiger partial charge is 0.451 e. The molecule has 5 aromatic rings. The number of carbonyl (C=O) groups excluding carboxylic acids is 1. The van der Waals surface area contributed by atoms with Crippen LogP contribution in [0.4, 0.5) is 5.69 Å². The van der Waals surface area contributed by atoms with Crippen molar-refractivity contribution in [2.24, 2.45) is 0 Å². The molecule has 5 nitrogen and oxygen atoms in total. The van der Waals surface area contributed by atoms with Gasteiger partial charge in [0.25, 0.3) is 5.91 Å². The van der Waals surface area contributed by atoms with Crippen molar-refractivity contribution in [2.45, 2.75) is 26.2 Å². The van der Waals surface area contributed by atoms with E-state index in [0.717, 1.165) is 28.5 Å². The first kappa shape index (κ1) is 19.1. The number of amides is 1. The molecule has 0 radical (unpaired) electrons. The summed E-state index contributed by atoms with van der Waals surface area (Å²) in [6, 6.07) is 22.9. The van der Waals surface area contributed by atoms with Crippen LogP contribution in [0, 0.1) is 0 Å². The fourth-order valence-electron chi connectivity index (χ4n) is 3.63. The third kappa shape index (κ3) is 3.70. The van der Waals surface area contributed by atoms with E-state index in [-0.39, 0.29) is 11.7 Å². The predicted molar refractivity (Wildman–Crippen MR) is 122 cm³/mol. The van der Waals surface area contributed by atoms with Crippen LogP contribution in [0.5, 0.6) is 0 Å². The average Bonchev–Trinajstić information content (AvgIpc) is 3.42.